The van der Waals surface area contributed by atoms with Gasteiger partial charge in [0.05, 0.1) is 9.79 Å². The Morgan fingerprint density at radius 1 is 0.903 bits per heavy atom. The lowest BCUT2D eigenvalue weighted by Gasteiger charge is -2.13. The highest BCUT2D eigenvalue weighted by atomic mass is 32.2. The number of nitrogens with two attached hydrogens (primary N) is 1. The Hall–Kier alpha value is -3.06. The molecule has 0 fully saturated rings. The molecule has 4 N–H and O–H groups in total. The largest absolute Gasteiger partial charge is 0.366 e. The molecule has 0 saturated carbocycles. The van der Waals surface area contributed by atoms with Crippen molar-refractivity contribution >= 4 is 37.4 Å². The van der Waals surface area contributed by atoms with Crippen molar-refractivity contribution in [3.8, 4) is 0 Å². The second-order valence-electron chi connectivity index (χ2n) is 6.77. The van der Waals surface area contributed by atoms with E-state index in [4.69, 9.17) is 5.14 Å². The lowest BCUT2D eigenvalue weighted by atomic mass is 10.2. The van der Waals surface area contributed by atoms with Crippen LogP contribution >= 0.6 is 0 Å². The first-order valence-corrected chi connectivity index (χ1v) is 12.0. The van der Waals surface area contributed by atoms with Crippen molar-refractivity contribution in [3.05, 3.63) is 66.5 Å². The fourth-order valence-electron chi connectivity index (χ4n) is 2.64. The van der Waals surface area contributed by atoms with Crippen LogP contribution in [-0.4, -0.2) is 45.2 Å². The van der Waals surface area contributed by atoms with E-state index in [2.05, 4.69) is 20.6 Å². The molecule has 0 saturated heterocycles. The molecule has 0 aliphatic carbocycles. The predicted octanol–water partition coefficient (Wildman–Crippen LogP) is 1.73. The molecule has 164 valence electrons. The Morgan fingerprint density at radius 2 is 1.58 bits per heavy atom. The summed E-state index contributed by atoms with van der Waals surface area (Å²) in [5, 5.41) is 11.3. The molecule has 0 bridgehead atoms. The SMILES string of the molecule is CN(C)S(=O)(=O)c1cccc(Nc2cc(NCc3cccc(S(N)(=O)=O)c3)ncn2)c1. The highest BCUT2D eigenvalue weighted by molar-refractivity contribution is 7.89. The molecule has 1 aromatic heterocycles. The van der Waals surface area contributed by atoms with Crippen molar-refractivity contribution in [2.45, 2.75) is 16.3 Å². The van der Waals surface area contributed by atoms with Crippen LogP contribution in [0.5, 0.6) is 0 Å². The van der Waals surface area contributed by atoms with Gasteiger partial charge in [0.15, 0.2) is 0 Å². The molecule has 0 atom stereocenters. The van der Waals surface area contributed by atoms with Crippen molar-refractivity contribution in [2.24, 2.45) is 5.14 Å². The Bertz CT molecular complexity index is 1290. The molecule has 10 nitrogen and oxygen atoms in total. The van der Waals surface area contributed by atoms with Gasteiger partial charge >= 0.3 is 0 Å². The number of nitrogens with zero attached hydrogens (tertiary/aromatic N) is 3. The van der Waals surface area contributed by atoms with Crippen LogP contribution in [0.2, 0.25) is 0 Å². The van der Waals surface area contributed by atoms with Gasteiger partial charge in [-0.25, -0.2) is 36.2 Å². The summed E-state index contributed by atoms with van der Waals surface area (Å²) in [6.45, 7) is 0.316. The van der Waals surface area contributed by atoms with E-state index in [1.165, 1.54) is 44.7 Å². The smallest absolute Gasteiger partial charge is 0.242 e. The van der Waals surface area contributed by atoms with E-state index in [0.29, 0.717) is 29.4 Å². The first kappa shape index (κ1) is 22.6. The van der Waals surface area contributed by atoms with Crippen molar-refractivity contribution in [2.75, 3.05) is 24.7 Å². The average molecular weight is 463 g/mol. The minimum Gasteiger partial charge on any atom is -0.366 e. The number of anilines is 3. The Morgan fingerprint density at radius 3 is 2.29 bits per heavy atom. The van der Waals surface area contributed by atoms with Gasteiger partial charge in [0.25, 0.3) is 0 Å². The third-order valence-corrected chi connectivity index (χ3v) is 6.97. The summed E-state index contributed by atoms with van der Waals surface area (Å²) in [5.41, 5.74) is 1.26. The minimum absolute atomic E-state index is 0.0319. The van der Waals surface area contributed by atoms with E-state index in [1.807, 2.05) is 0 Å². The van der Waals surface area contributed by atoms with Crippen LogP contribution in [0.25, 0.3) is 0 Å². The number of rotatable bonds is 8. The number of primary sulfonamides is 1. The molecule has 0 spiro atoms. The third kappa shape index (κ3) is 5.76. The van der Waals surface area contributed by atoms with Crippen LogP contribution in [0.4, 0.5) is 17.3 Å². The van der Waals surface area contributed by atoms with Gasteiger partial charge in [0.2, 0.25) is 20.0 Å². The molecule has 3 aromatic rings. The molecule has 0 radical (unpaired) electrons. The van der Waals surface area contributed by atoms with E-state index >= 15 is 0 Å². The predicted molar refractivity (Wildman–Crippen MR) is 118 cm³/mol. The van der Waals surface area contributed by atoms with Crippen LogP contribution < -0.4 is 15.8 Å². The van der Waals surface area contributed by atoms with Gasteiger partial charge in [-0.1, -0.05) is 18.2 Å². The molecule has 12 heteroatoms. The zero-order chi connectivity index (χ0) is 22.6. The Kier molecular flexibility index (Phi) is 6.55. The van der Waals surface area contributed by atoms with E-state index in [9.17, 15) is 16.8 Å². The molecule has 31 heavy (non-hydrogen) atoms. The summed E-state index contributed by atoms with van der Waals surface area (Å²) in [4.78, 5) is 8.47. The molecule has 1 heterocycles. The van der Waals surface area contributed by atoms with Gasteiger partial charge in [0, 0.05) is 32.4 Å². The summed E-state index contributed by atoms with van der Waals surface area (Å²) in [5.74, 6) is 0.950. The monoisotopic (exact) mass is 462 g/mol. The number of hydrogen-bond donors (Lipinski definition) is 3. The normalized spacial score (nSPS) is 12.0. The number of hydrogen-bond acceptors (Lipinski definition) is 8. The van der Waals surface area contributed by atoms with Crippen LogP contribution in [0, 0.1) is 0 Å². The Balaban J connectivity index is 1.73. The van der Waals surface area contributed by atoms with Crippen molar-refractivity contribution < 1.29 is 16.8 Å². The molecule has 2 aromatic carbocycles. The highest BCUT2D eigenvalue weighted by Gasteiger charge is 2.17. The Labute approximate surface area is 181 Å². The van der Waals surface area contributed by atoms with Crippen molar-refractivity contribution in [1.29, 1.82) is 0 Å². The second kappa shape index (κ2) is 8.98. The standard InChI is InChI=1S/C19H22N6O4S2/c1-25(2)31(28,29)17-8-4-6-15(10-17)24-19-11-18(22-13-23-19)21-12-14-5-3-7-16(9-14)30(20,26)27/h3-11,13H,12H2,1-2H3,(H2,20,26,27)(H2,21,22,23,24). The summed E-state index contributed by atoms with van der Waals surface area (Å²) in [6.07, 6.45) is 1.35. The van der Waals surface area contributed by atoms with Gasteiger partial charge in [-0.15, -0.1) is 0 Å². The maximum Gasteiger partial charge on any atom is 0.242 e. The van der Waals surface area contributed by atoms with Crippen LogP contribution in [0.15, 0.2) is 70.7 Å². The number of sulfonamides is 2. The van der Waals surface area contributed by atoms with E-state index in [1.54, 1.807) is 30.3 Å². The first-order chi connectivity index (χ1) is 14.6. The maximum absolute atomic E-state index is 12.3. The fraction of sp³-hybridized carbons (Fsp3) is 0.158. The second-order valence-corrected chi connectivity index (χ2v) is 10.5. The molecule has 0 unspecified atom stereocenters. The highest BCUT2D eigenvalue weighted by Crippen LogP contribution is 2.21. The average Bonchev–Trinajstić information content (AvgIpc) is 2.72. The van der Waals surface area contributed by atoms with Gasteiger partial charge in [-0.3, -0.25) is 0 Å². The van der Waals surface area contributed by atoms with Crippen LogP contribution in [0.3, 0.4) is 0 Å². The maximum atomic E-state index is 12.3. The van der Waals surface area contributed by atoms with Gasteiger partial charge in [-0.2, -0.15) is 0 Å². The van der Waals surface area contributed by atoms with Gasteiger partial charge in [0.1, 0.15) is 18.0 Å². The topological polar surface area (TPSA) is 147 Å². The fourth-order valence-corrected chi connectivity index (χ4v) is 4.17. The third-order valence-electron chi connectivity index (χ3n) is 4.25. The summed E-state index contributed by atoms with van der Waals surface area (Å²) >= 11 is 0. The number of benzene rings is 2. The summed E-state index contributed by atoms with van der Waals surface area (Å²) in [6, 6.07) is 14.3. The zero-order valence-electron chi connectivity index (χ0n) is 16.8. The molecular weight excluding hydrogens is 440 g/mol. The molecule has 0 amide bonds. The van der Waals surface area contributed by atoms with E-state index in [0.717, 1.165) is 4.31 Å². The number of nitrogens with one attached hydrogen (secondary N) is 2. The van der Waals surface area contributed by atoms with Gasteiger partial charge < -0.3 is 10.6 Å². The quantitative estimate of drug-likeness (QED) is 0.458. The van der Waals surface area contributed by atoms with Crippen LogP contribution in [-0.2, 0) is 26.6 Å². The first-order valence-electron chi connectivity index (χ1n) is 9.03. The minimum atomic E-state index is -3.78. The summed E-state index contributed by atoms with van der Waals surface area (Å²) in [7, 11) is -4.40. The van der Waals surface area contributed by atoms with E-state index in [-0.39, 0.29) is 9.79 Å². The van der Waals surface area contributed by atoms with Crippen LogP contribution in [0.1, 0.15) is 5.56 Å². The molecular formula is C19H22N6O4S2. The zero-order valence-corrected chi connectivity index (χ0v) is 18.5. The molecule has 3 rings (SSSR count). The van der Waals surface area contributed by atoms with Crippen molar-refractivity contribution in [1.82, 2.24) is 14.3 Å². The summed E-state index contributed by atoms with van der Waals surface area (Å²) < 4.78 is 48.7. The molecule has 0 aliphatic heterocycles. The van der Waals surface area contributed by atoms with E-state index < -0.39 is 20.0 Å². The lowest BCUT2D eigenvalue weighted by molar-refractivity contribution is 0.521. The van der Waals surface area contributed by atoms with Gasteiger partial charge in [-0.05, 0) is 35.9 Å². The number of aromatic nitrogens is 2. The lowest BCUT2D eigenvalue weighted by Crippen LogP contribution is -2.22. The molecule has 0 aliphatic rings. The van der Waals surface area contributed by atoms with Crippen molar-refractivity contribution in [3.63, 3.8) is 0 Å².